The van der Waals surface area contributed by atoms with Crippen LogP contribution in [0.3, 0.4) is 0 Å². The third kappa shape index (κ3) is 4.70. The Kier molecular flexibility index (Phi) is 6.69. The number of benzene rings is 1. The average Bonchev–Trinajstić information content (AvgIpc) is 2.53. The van der Waals surface area contributed by atoms with Gasteiger partial charge in [0.15, 0.2) is 11.6 Å². The van der Waals surface area contributed by atoms with Crippen LogP contribution in [0, 0.1) is 25.6 Å². The molecule has 0 bridgehead atoms. The molecule has 0 N–H and O–H groups in total. The van der Waals surface area contributed by atoms with Gasteiger partial charge in [-0.3, -0.25) is 0 Å². The van der Waals surface area contributed by atoms with E-state index >= 15 is 0 Å². The van der Waals surface area contributed by atoms with E-state index in [0.29, 0.717) is 23.8 Å². The number of unbranched alkanes of at least 4 members (excludes halogenated alkanes) is 2. The van der Waals surface area contributed by atoms with E-state index in [1.807, 2.05) is 13.0 Å². The molecule has 1 aliphatic heterocycles. The predicted molar refractivity (Wildman–Crippen MR) is 88.0 cm³/mol. The van der Waals surface area contributed by atoms with Gasteiger partial charge in [0.25, 0.3) is 0 Å². The topological polar surface area (TPSA) is 18.5 Å². The SMILES string of the molecule is CCCCCC1CCC(COc2ccc(C)c(C)c2F)OC1. The standard InChI is InChI=1S/C19H29FO2/c1-4-5-6-7-16-9-10-17(21-12-16)13-22-18-11-8-14(2)15(3)19(18)20/h8,11,16-17H,4-7,9-10,12-13H2,1-3H3. The molecule has 1 heterocycles. The van der Waals surface area contributed by atoms with E-state index in [-0.39, 0.29) is 11.9 Å². The molecule has 0 amide bonds. The first-order valence-corrected chi connectivity index (χ1v) is 8.62. The second-order valence-electron chi connectivity index (χ2n) is 6.53. The maximum absolute atomic E-state index is 14.1. The van der Waals surface area contributed by atoms with Gasteiger partial charge in [-0.1, -0.05) is 32.3 Å². The minimum absolute atomic E-state index is 0.100. The van der Waals surface area contributed by atoms with Crippen molar-refractivity contribution in [2.24, 2.45) is 5.92 Å². The first-order valence-electron chi connectivity index (χ1n) is 8.62. The molecular weight excluding hydrogens is 279 g/mol. The zero-order chi connectivity index (χ0) is 15.9. The number of hydrogen-bond acceptors (Lipinski definition) is 2. The lowest BCUT2D eigenvalue weighted by Gasteiger charge is -2.29. The maximum atomic E-state index is 14.1. The molecule has 124 valence electrons. The van der Waals surface area contributed by atoms with Gasteiger partial charge in [-0.2, -0.15) is 0 Å². The van der Waals surface area contributed by atoms with Crippen molar-refractivity contribution in [2.45, 2.75) is 65.4 Å². The second kappa shape index (κ2) is 8.52. The van der Waals surface area contributed by atoms with Crippen LogP contribution in [0.1, 0.15) is 56.6 Å². The van der Waals surface area contributed by atoms with Gasteiger partial charge in [-0.15, -0.1) is 0 Å². The van der Waals surface area contributed by atoms with E-state index in [2.05, 4.69) is 6.92 Å². The Morgan fingerprint density at radius 3 is 2.73 bits per heavy atom. The van der Waals surface area contributed by atoms with Crippen LogP contribution < -0.4 is 4.74 Å². The fraction of sp³-hybridized carbons (Fsp3) is 0.684. The van der Waals surface area contributed by atoms with Gasteiger partial charge >= 0.3 is 0 Å². The normalized spacial score (nSPS) is 21.8. The highest BCUT2D eigenvalue weighted by Crippen LogP contribution is 2.26. The summed E-state index contributed by atoms with van der Waals surface area (Å²) in [6.45, 7) is 7.20. The third-order valence-electron chi connectivity index (χ3n) is 4.73. The van der Waals surface area contributed by atoms with Gasteiger partial charge in [-0.05, 0) is 56.2 Å². The fourth-order valence-electron chi connectivity index (χ4n) is 2.95. The van der Waals surface area contributed by atoms with Crippen LogP contribution in [0.5, 0.6) is 5.75 Å². The fourth-order valence-corrected chi connectivity index (χ4v) is 2.95. The summed E-state index contributed by atoms with van der Waals surface area (Å²) in [5, 5.41) is 0. The number of rotatable bonds is 7. The second-order valence-corrected chi connectivity index (χ2v) is 6.53. The van der Waals surface area contributed by atoms with Crippen LogP contribution in [0.15, 0.2) is 12.1 Å². The molecule has 2 unspecified atom stereocenters. The molecule has 0 saturated carbocycles. The van der Waals surface area contributed by atoms with E-state index in [0.717, 1.165) is 18.6 Å². The zero-order valence-corrected chi connectivity index (χ0v) is 14.2. The molecule has 2 atom stereocenters. The smallest absolute Gasteiger partial charge is 0.168 e. The van der Waals surface area contributed by atoms with Crippen molar-refractivity contribution >= 4 is 0 Å². The molecule has 1 aromatic rings. The van der Waals surface area contributed by atoms with Crippen LogP contribution in [0.25, 0.3) is 0 Å². The molecule has 0 aromatic heterocycles. The molecule has 1 fully saturated rings. The molecule has 0 aliphatic carbocycles. The van der Waals surface area contributed by atoms with E-state index < -0.39 is 0 Å². The van der Waals surface area contributed by atoms with Crippen molar-refractivity contribution in [1.82, 2.24) is 0 Å². The number of aryl methyl sites for hydroxylation is 1. The van der Waals surface area contributed by atoms with Crippen molar-refractivity contribution < 1.29 is 13.9 Å². The van der Waals surface area contributed by atoms with Crippen LogP contribution in [-0.4, -0.2) is 19.3 Å². The molecule has 2 rings (SSSR count). The van der Waals surface area contributed by atoms with Gasteiger partial charge in [0, 0.05) is 6.61 Å². The van der Waals surface area contributed by atoms with Gasteiger partial charge in [0.2, 0.25) is 0 Å². The minimum atomic E-state index is -0.242. The maximum Gasteiger partial charge on any atom is 0.168 e. The summed E-state index contributed by atoms with van der Waals surface area (Å²) in [6.07, 6.45) is 7.48. The van der Waals surface area contributed by atoms with Crippen LogP contribution >= 0.6 is 0 Å². The monoisotopic (exact) mass is 308 g/mol. The Balaban J connectivity index is 1.74. The lowest BCUT2D eigenvalue weighted by Crippen LogP contribution is -2.30. The number of hydrogen-bond donors (Lipinski definition) is 0. The Labute approximate surface area is 134 Å². The summed E-state index contributed by atoms with van der Waals surface area (Å²) in [5.74, 6) is 0.797. The molecule has 1 aromatic carbocycles. The Hall–Kier alpha value is -1.09. The summed E-state index contributed by atoms with van der Waals surface area (Å²) < 4.78 is 25.6. The average molecular weight is 308 g/mol. The molecule has 2 nitrogen and oxygen atoms in total. The van der Waals surface area contributed by atoms with Gasteiger partial charge in [0.1, 0.15) is 6.61 Å². The van der Waals surface area contributed by atoms with E-state index in [1.165, 1.54) is 32.1 Å². The molecule has 1 saturated heterocycles. The lowest BCUT2D eigenvalue weighted by atomic mass is 9.93. The first kappa shape index (κ1) is 17.3. The summed E-state index contributed by atoms with van der Waals surface area (Å²) in [7, 11) is 0. The molecule has 0 spiro atoms. The summed E-state index contributed by atoms with van der Waals surface area (Å²) >= 11 is 0. The van der Waals surface area contributed by atoms with Crippen LogP contribution in [-0.2, 0) is 4.74 Å². The van der Waals surface area contributed by atoms with E-state index in [4.69, 9.17) is 9.47 Å². The van der Waals surface area contributed by atoms with Gasteiger partial charge in [0.05, 0.1) is 6.10 Å². The van der Waals surface area contributed by atoms with Crippen molar-refractivity contribution in [3.63, 3.8) is 0 Å². The molecular formula is C19H29FO2. The van der Waals surface area contributed by atoms with Crippen LogP contribution in [0.4, 0.5) is 4.39 Å². The van der Waals surface area contributed by atoms with E-state index in [1.54, 1.807) is 13.0 Å². The Morgan fingerprint density at radius 1 is 1.23 bits per heavy atom. The Morgan fingerprint density at radius 2 is 2.05 bits per heavy atom. The summed E-state index contributed by atoms with van der Waals surface area (Å²) in [6, 6.07) is 3.62. The largest absolute Gasteiger partial charge is 0.488 e. The lowest BCUT2D eigenvalue weighted by molar-refractivity contribution is -0.0399. The highest BCUT2D eigenvalue weighted by atomic mass is 19.1. The first-order chi connectivity index (χ1) is 10.6. The molecule has 3 heteroatoms. The van der Waals surface area contributed by atoms with Gasteiger partial charge < -0.3 is 9.47 Å². The van der Waals surface area contributed by atoms with Crippen LogP contribution in [0.2, 0.25) is 0 Å². The Bertz CT molecular complexity index is 465. The number of halogens is 1. The quantitative estimate of drug-likeness (QED) is 0.645. The molecule has 1 aliphatic rings. The molecule has 0 radical (unpaired) electrons. The zero-order valence-electron chi connectivity index (χ0n) is 14.2. The van der Waals surface area contributed by atoms with Crippen molar-refractivity contribution in [1.29, 1.82) is 0 Å². The third-order valence-corrected chi connectivity index (χ3v) is 4.73. The highest BCUT2D eigenvalue weighted by Gasteiger charge is 2.22. The summed E-state index contributed by atoms with van der Waals surface area (Å²) in [4.78, 5) is 0. The molecule has 22 heavy (non-hydrogen) atoms. The van der Waals surface area contributed by atoms with Crippen molar-refractivity contribution in [3.05, 3.63) is 29.1 Å². The summed E-state index contributed by atoms with van der Waals surface area (Å²) in [5.41, 5.74) is 1.62. The van der Waals surface area contributed by atoms with Gasteiger partial charge in [-0.25, -0.2) is 4.39 Å². The predicted octanol–water partition coefficient (Wildman–Crippen LogP) is 5.20. The van der Waals surface area contributed by atoms with Crippen molar-refractivity contribution in [3.8, 4) is 5.75 Å². The van der Waals surface area contributed by atoms with Crippen molar-refractivity contribution in [2.75, 3.05) is 13.2 Å². The highest BCUT2D eigenvalue weighted by molar-refractivity contribution is 5.35. The van der Waals surface area contributed by atoms with E-state index in [9.17, 15) is 4.39 Å². The number of ether oxygens (including phenoxy) is 2. The minimum Gasteiger partial charge on any atom is -0.488 e.